The SMILES string of the molecule is CC(O)(c1cnccn1)C1CC1. The van der Waals surface area contributed by atoms with Gasteiger partial charge >= 0.3 is 0 Å². The van der Waals surface area contributed by atoms with E-state index in [-0.39, 0.29) is 0 Å². The largest absolute Gasteiger partial charge is 0.383 e. The fourth-order valence-electron chi connectivity index (χ4n) is 1.42. The Morgan fingerprint density at radius 1 is 1.50 bits per heavy atom. The normalized spacial score (nSPS) is 21.8. The van der Waals surface area contributed by atoms with Crippen molar-refractivity contribution in [2.45, 2.75) is 25.4 Å². The minimum Gasteiger partial charge on any atom is -0.383 e. The van der Waals surface area contributed by atoms with Crippen molar-refractivity contribution in [1.82, 2.24) is 9.97 Å². The van der Waals surface area contributed by atoms with Crippen LogP contribution in [0.15, 0.2) is 18.6 Å². The zero-order valence-corrected chi connectivity index (χ0v) is 7.07. The molecule has 1 atom stereocenters. The highest BCUT2D eigenvalue weighted by molar-refractivity contribution is 5.11. The van der Waals surface area contributed by atoms with Crippen molar-refractivity contribution >= 4 is 0 Å². The molecule has 1 fully saturated rings. The van der Waals surface area contributed by atoms with Gasteiger partial charge in [0.1, 0.15) is 5.60 Å². The lowest BCUT2D eigenvalue weighted by molar-refractivity contribution is 0.0283. The number of aliphatic hydroxyl groups is 1. The molecule has 3 nitrogen and oxygen atoms in total. The monoisotopic (exact) mass is 164 g/mol. The number of nitrogens with zero attached hydrogens (tertiary/aromatic N) is 2. The van der Waals surface area contributed by atoms with Crippen LogP contribution in [0.2, 0.25) is 0 Å². The molecule has 1 aromatic rings. The van der Waals surface area contributed by atoms with Gasteiger partial charge in [0.25, 0.3) is 0 Å². The molecule has 0 radical (unpaired) electrons. The zero-order chi connectivity index (χ0) is 8.60. The molecule has 1 aromatic heterocycles. The predicted octanol–water partition coefficient (Wildman–Crippen LogP) is 1.09. The van der Waals surface area contributed by atoms with Gasteiger partial charge in [0.15, 0.2) is 0 Å². The standard InChI is InChI=1S/C9H12N2O/c1-9(12,7-2-3-7)8-6-10-4-5-11-8/h4-7,12H,2-3H2,1H3. The fraction of sp³-hybridized carbons (Fsp3) is 0.556. The van der Waals surface area contributed by atoms with E-state index in [4.69, 9.17) is 0 Å². The zero-order valence-electron chi connectivity index (χ0n) is 7.07. The van der Waals surface area contributed by atoms with E-state index in [0.717, 1.165) is 12.8 Å². The van der Waals surface area contributed by atoms with Crippen LogP contribution >= 0.6 is 0 Å². The van der Waals surface area contributed by atoms with Gasteiger partial charge in [-0.05, 0) is 25.7 Å². The average Bonchev–Trinajstić information content (AvgIpc) is 2.88. The van der Waals surface area contributed by atoms with Crippen molar-refractivity contribution in [3.63, 3.8) is 0 Å². The first kappa shape index (κ1) is 7.68. The third kappa shape index (κ3) is 1.20. The Balaban J connectivity index is 2.28. The van der Waals surface area contributed by atoms with Crippen molar-refractivity contribution in [3.05, 3.63) is 24.3 Å². The van der Waals surface area contributed by atoms with Crippen molar-refractivity contribution < 1.29 is 5.11 Å². The Kier molecular flexibility index (Phi) is 1.61. The van der Waals surface area contributed by atoms with E-state index in [1.165, 1.54) is 0 Å². The van der Waals surface area contributed by atoms with Gasteiger partial charge in [-0.15, -0.1) is 0 Å². The fourth-order valence-corrected chi connectivity index (χ4v) is 1.42. The van der Waals surface area contributed by atoms with Gasteiger partial charge in [-0.1, -0.05) is 0 Å². The Hall–Kier alpha value is -0.960. The Labute approximate surface area is 71.5 Å². The van der Waals surface area contributed by atoms with E-state index < -0.39 is 5.60 Å². The Morgan fingerprint density at radius 2 is 2.25 bits per heavy atom. The maximum Gasteiger partial charge on any atom is 0.108 e. The summed E-state index contributed by atoms with van der Waals surface area (Å²) in [7, 11) is 0. The molecule has 0 bridgehead atoms. The molecular weight excluding hydrogens is 152 g/mol. The quantitative estimate of drug-likeness (QED) is 0.711. The summed E-state index contributed by atoms with van der Waals surface area (Å²) in [5.74, 6) is 0.384. The van der Waals surface area contributed by atoms with Gasteiger partial charge in [-0.3, -0.25) is 9.97 Å². The summed E-state index contributed by atoms with van der Waals surface area (Å²) in [6.45, 7) is 1.81. The van der Waals surface area contributed by atoms with Gasteiger partial charge in [0.2, 0.25) is 0 Å². The smallest absolute Gasteiger partial charge is 0.108 e. The van der Waals surface area contributed by atoms with E-state index in [2.05, 4.69) is 9.97 Å². The van der Waals surface area contributed by atoms with Crippen LogP contribution in [0, 0.1) is 5.92 Å². The second-order valence-corrected chi connectivity index (χ2v) is 3.51. The third-order valence-corrected chi connectivity index (χ3v) is 2.45. The average molecular weight is 164 g/mol. The Bertz CT molecular complexity index is 267. The number of hydrogen-bond acceptors (Lipinski definition) is 3. The molecule has 64 valence electrons. The van der Waals surface area contributed by atoms with Gasteiger partial charge in [0, 0.05) is 12.4 Å². The lowest BCUT2D eigenvalue weighted by Crippen LogP contribution is -2.25. The second kappa shape index (κ2) is 2.52. The molecule has 0 aromatic carbocycles. The summed E-state index contributed by atoms with van der Waals surface area (Å²) >= 11 is 0. The number of hydrogen-bond donors (Lipinski definition) is 1. The van der Waals surface area contributed by atoms with E-state index in [9.17, 15) is 5.11 Å². The number of rotatable bonds is 2. The summed E-state index contributed by atoms with van der Waals surface area (Å²) in [6.07, 6.45) is 7.07. The van der Waals surface area contributed by atoms with Crippen LogP contribution in [0.1, 0.15) is 25.5 Å². The summed E-state index contributed by atoms with van der Waals surface area (Å²) in [4.78, 5) is 8.04. The molecule has 1 heterocycles. The molecule has 2 rings (SSSR count). The van der Waals surface area contributed by atoms with Crippen molar-refractivity contribution in [2.24, 2.45) is 5.92 Å². The molecule has 12 heavy (non-hydrogen) atoms. The highest BCUT2D eigenvalue weighted by Crippen LogP contribution is 2.44. The molecular formula is C9H12N2O. The first-order chi connectivity index (χ1) is 5.71. The highest BCUT2D eigenvalue weighted by atomic mass is 16.3. The van der Waals surface area contributed by atoms with Crippen molar-refractivity contribution in [1.29, 1.82) is 0 Å². The van der Waals surface area contributed by atoms with Gasteiger partial charge in [-0.25, -0.2) is 0 Å². The minimum atomic E-state index is -0.770. The first-order valence-electron chi connectivity index (χ1n) is 4.20. The van der Waals surface area contributed by atoms with Crippen molar-refractivity contribution in [2.75, 3.05) is 0 Å². The molecule has 3 heteroatoms. The predicted molar refractivity (Wildman–Crippen MR) is 44.3 cm³/mol. The second-order valence-electron chi connectivity index (χ2n) is 3.51. The Morgan fingerprint density at radius 3 is 2.75 bits per heavy atom. The molecule has 1 unspecified atom stereocenters. The summed E-state index contributed by atoms with van der Waals surface area (Å²) in [6, 6.07) is 0. The molecule has 1 aliphatic rings. The minimum absolute atomic E-state index is 0.384. The molecule has 0 saturated heterocycles. The van der Waals surface area contributed by atoms with E-state index in [1.54, 1.807) is 18.6 Å². The van der Waals surface area contributed by atoms with E-state index in [0.29, 0.717) is 11.6 Å². The lowest BCUT2D eigenvalue weighted by Gasteiger charge is -2.21. The third-order valence-electron chi connectivity index (χ3n) is 2.45. The first-order valence-corrected chi connectivity index (χ1v) is 4.20. The van der Waals surface area contributed by atoms with E-state index >= 15 is 0 Å². The maximum atomic E-state index is 10.0. The van der Waals surface area contributed by atoms with E-state index in [1.807, 2.05) is 6.92 Å². The maximum absolute atomic E-state index is 10.0. The highest BCUT2D eigenvalue weighted by Gasteiger charge is 2.42. The van der Waals surface area contributed by atoms with Gasteiger partial charge in [-0.2, -0.15) is 0 Å². The van der Waals surface area contributed by atoms with Crippen LogP contribution in [0.3, 0.4) is 0 Å². The summed E-state index contributed by atoms with van der Waals surface area (Å²) in [5, 5.41) is 10.0. The molecule has 1 N–H and O–H groups in total. The molecule has 0 aliphatic heterocycles. The lowest BCUT2D eigenvalue weighted by atomic mass is 9.97. The van der Waals surface area contributed by atoms with Gasteiger partial charge < -0.3 is 5.11 Å². The van der Waals surface area contributed by atoms with Crippen LogP contribution in [-0.2, 0) is 5.60 Å². The van der Waals surface area contributed by atoms with Crippen LogP contribution in [0.25, 0.3) is 0 Å². The molecule has 1 saturated carbocycles. The topological polar surface area (TPSA) is 46.0 Å². The number of aromatic nitrogens is 2. The van der Waals surface area contributed by atoms with Crippen LogP contribution in [0.4, 0.5) is 0 Å². The van der Waals surface area contributed by atoms with Gasteiger partial charge in [0.05, 0.1) is 11.9 Å². The van der Waals surface area contributed by atoms with Crippen LogP contribution < -0.4 is 0 Å². The van der Waals surface area contributed by atoms with Crippen LogP contribution in [0.5, 0.6) is 0 Å². The van der Waals surface area contributed by atoms with Crippen LogP contribution in [-0.4, -0.2) is 15.1 Å². The summed E-state index contributed by atoms with van der Waals surface area (Å²) in [5.41, 5.74) is -0.0821. The van der Waals surface area contributed by atoms with Crippen molar-refractivity contribution in [3.8, 4) is 0 Å². The summed E-state index contributed by atoms with van der Waals surface area (Å²) < 4.78 is 0. The molecule has 0 amide bonds. The molecule has 0 spiro atoms. The molecule has 1 aliphatic carbocycles.